The highest BCUT2D eigenvalue weighted by atomic mass is 15.1. The van der Waals surface area contributed by atoms with Crippen LogP contribution in [0, 0.1) is 0 Å². The lowest BCUT2D eigenvalue weighted by molar-refractivity contribution is 0.793. The summed E-state index contributed by atoms with van der Waals surface area (Å²) in [6.45, 7) is 0. The molecule has 0 amide bonds. The molecule has 73 heavy (non-hydrogen) atoms. The predicted octanol–water partition coefficient (Wildman–Crippen LogP) is 18.3. The van der Waals surface area contributed by atoms with Crippen LogP contribution in [0.4, 0.5) is 17.1 Å². The fourth-order valence-corrected chi connectivity index (χ4v) is 12.8. The maximum absolute atomic E-state index is 10.9. The van der Waals surface area contributed by atoms with E-state index in [1.54, 1.807) is 12.1 Å². The molecule has 4 aliphatic carbocycles. The molecule has 2 spiro atoms. The summed E-state index contributed by atoms with van der Waals surface area (Å²) in [5.74, 6) is 0. The smallest absolute Gasteiger partial charge is 0.0726 e. The number of rotatable bonds is 5. The first kappa shape index (κ1) is 25.7. The third-order valence-electron chi connectivity index (χ3n) is 15.4. The second kappa shape index (κ2) is 15.1. The Bertz CT molecular complexity index is 5330. The maximum Gasteiger partial charge on any atom is 0.0726 e. The van der Waals surface area contributed by atoms with Gasteiger partial charge in [-0.05, 0) is 158 Å². The summed E-state index contributed by atoms with van der Waals surface area (Å²) in [6, 6.07) is 34.0. The largest absolute Gasteiger partial charge is 0.310 e. The molecule has 1 heteroatoms. The fraction of sp³-hybridized carbons (Fsp3) is 0.0278. The molecule has 16 rings (SSSR count). The minimum Gasteiger partial charge on any atom is -0.310 e. The highest BCUT2D eigenvalue weighted by Crippen LogP contribution is 2.66. The molecule has 0 aromatic heterocycles. The SMILES string of the molecule is [2H]c1c([2H])c([2H])c(N(c2cccc(-c3ccc4ccccc4c3-c3cccc4c3-c3ccccc3C43c4ccccc4-c4ccccc43)c2)c2c([2H])c([2H])c3c(c2[2H])C2(c4c([2H])c([2H])c([2H])c([2H])c4-c4c([2H])c([2H])c([2H])c([2H])c42)c2c([2H])c([2H])c([2H])c([2H])c2-3)c([2H])c1[2H]. The predicted molar refractivity (Wildman–Crippen MR) is 302 cm³/mol. The van der Waals surface area contributed by atoms with Gasteiger partial charge in [-0.1, -0.05) is 236 Å². The van der Waals surface area contributed by atoms with Gasteiger partial charge in [-0.2, -0.15) is 0 Å². The van der Waals surface area contributed by atoms with E-state index in [1.165, 1.54) is 6.07 Å². The van der Waals surface area contributed by atoms with E-state index in [4.69, 9.17) is 12.3 Å². The Hall–Kier alpha value is -9.30. The minimum atomic E-state index is -2.73. The van der Waals surface area contributed by atoms with Gasteiger partial charge in [-0.3, -0.25) is 0 Å². The van der Waals surface area contributed by atoms with Crippen LogP contribution in [0.5, 0.6) is 0 Å². The summed E-state index contributed by atoms with van der Waals surface area (Å²) in [7, 11) is 0. The zero-order chi connectivity index (χ0) is 65.2. The Balaban J connectivity index is 1.02. The number of para-hydroxylation sites is 1. The van der Waals surface area contributed by atoms with Gasteiger partial charge in [0.1, 0.15) is 0 Å². The van der Waals surface area contributed by atoms with Crippen LogP contribution in [0.15, 0.2) is 273 Å². The maximum atomic E-state index is 10.9. The molecule has 12 aromatic rings. The third kappa shape index (κ3) is 5.25. The van der Waals surface area contributed by atoms with E-state index in [2.05, 4.69) is 84.9 Å². The zero-order valence-electron chi connectivity index (χ0n) is 58.4. The molecule has 0 heterocycles. The van der Waals surface area contributed by atoms with Gasteiger partial charge < -0.3 is 4.90 Å². The number of fused-ring (bicyclic) bond motifs is 21. The van der Waals surface area contributed by atoms with E-state index in [1.807, 2.05) is 48.5 Å². The molecule has 0 radical (unpaired) electrons. The number of hydrogen-bond donors (Lipinski definition) is 0. The van der Waals surface area contributed by atoms with Gasteiger partial charge in [0.15, 0.2) is 0 Å². The molecule has 0 unspecified atom stereocenters. The summed E-state index contributed by atoms with van der Waals surface area (Å²) in [4.78, 5) is 1.09. The highest BCUT2D eigenvalue weighted by Gasteiger charge is 2.53. The Labute approximate surface area is 453 Å². The molecule has 338 valence electrons. The van der Waals surface area contributed by atoms with Crippen LogP contribution in [0.1, 0.15) is 71.9 Å². The van der Waals surface area contributed by atoms with Gasteiger partial charge in [-0.25, -0.2) is 0 Å². The van der Waals surface area contributed by atoms with Crippen molar-refractivity contribution in [3.8, 4) is 66.8 Å². The summed E-state index contributed by atoms with van der Waals surface area (Å²) in [5.41, 5.74) is 2.94. The van der Waals surface area contributed by atoms with Crippen LogP contribution in [0.2, 0.25) is 0 Å². The van der Waals surface area contributed by atoms with E-state index in [0.29, 0.717) is 11.1 Å². The molecule has 4 aliphatic rings. The topological polar surface area (TPSA) is 3.24 Å². The van der Waals surface area contributed by atoms with Crippen LogP contribution >= 0.6 is 0 Å². The molecule has 12 aromatic carbocycles. The van der Waals surface area contributed by atoms with Gasteiger partial charge in [0.05, 0.1) is 38.2 Å². The lowest BCUT2D eigenvalue weighted by Gasteiger charge is -2.32. The van der Waals surface area contributed by atoms with Crippen molar-refractivity contribution in [1.29, 1.82) is 0 Å². The second-order valence-electron chi connectivity index (χ2n) is 18.7. The first-order chi connectivity index (χ1) is 44.6. The van der Waals surface area contributed by atoms with Gasteiger partial charge in [0.2, 0.25) is 0 Å². The van der Waals surface area contributed by atoms with Gasteiger partial charge in [-0.15, -0.1) is 0 Å². The Morgan fingerprint density at radius 1 is 0.288 bits per heavy atom. The number of anilines is 3. The van der Waals surface area contributed by atoms with Crippen molar-refractivity contribution < 1.29 is 27.4 Å². The molecule has 0 bridgehead atoms. The van der Waals surface area contributed by atoms with Crippen molar-refractivity contribution in [2.24, 2.45) is 0 Å². The molecule has 0 aliphatic heterocycles. The van der Waals surface area contributed by atoms with Crippen LogP contribution in [-0.4, -0.2) is 0 Å². The van der Waals surface area contributed by atoms with Crippen molar-refractivity contribution in [2.75, 3.05) is 4.90 Å². The van der Waals surface area contributed by atoms with Gasteiger partial charge >= 0.3 is 0 Å². The van der Waals surface area contributed by atoms with Crippen LogP contribution < -0.4 is 4.90 Å². The molecule has 0 saturated heterocycles. The van der Waals surface area contributed by atoms with E-state index < -0.39 is 188 Å². The van der Waals surface area contributed by atoms with Crippen molar-refractivity contribution >= 4 is 27.8 Å². The normalized spacial score (nSPS) is 17.8. The Kier molecular flexibility index (Phi) is 5.32. The number of nitrogens with zero attached hydrogens (tertiary/aromatic N) is 1. The molecule has 0 N–H and O–H groups in total. The molecular weight excluding hydrogens is 879 g/mol. The van der Waals surface area contributed by atoms with Gasteiger partial charge in [0.25, 0.3) is 0 Å². The zero-order valence-corrected chi connectivity index (χ0v) is 38.4. The summed E-state index contributed by atoms with van der Waals surface area (Å²) < 4.78 is 190. The van der Waals surface area contributed by atoms with Crippen LogP contribution in [-0.2, 0) is 10.8 Å². The lowest BCUT2D eigenvalue weighted by atomic mass is 9.70. The van der Waals surface area contributed by atoms with Crippen molar-refractivity contribution in [2.45, 2.75) is 10.8 Å². The summed E-state index contributed by atoms with van der Waals surface area (Å²) in [5, 5.41) is 1.78. The lowest BCUT2D eigenvalue weighted by Crippen LogP contribution is -2.26. The quantitative estimate of drug-likeness (QED) is 0.166. The summed E-state index contributed by atoms with van der Waals surface area (Å²) >= 11 is 0. The third-order valence-corrected chi connectivity index (χ3v) is 15.4. The molecule has 0 saturated carbocycles. The summed E-state index contributed by atoms with van der Waals surface area (Å²) in [6.07, 6.45) is 0. The van der Waals surface area contributed by atoms with Crippen LogP contribution in [0.25, 0.3) is 77.5 Å². The fourth-order valence-electron chi connectivity index (χ4n) is 12.8. The molecule has 0 atom stereocenters. The average molecular weight is 944 g/mol. The van der Waals surface area contributed by atoms with E-state index in [-0.39, 0.29) is 5.69 Å². The van der Waals surface area contributed by atoms with E-state index in [9.17, 15) is 15.1 Å². The monoisotopic (exact) mass is 943 g/mol. The second-order valence-corrected chi connectivity index (χ2v) is 18.7. The molecular formula is C72H45N. The number of hydrogen-bond acceptors (Lipinski definition) is 1. The Morgan fingerprint density at radius 2 is 0.808 bits per heavy atom. The van der Waals surface area contributed by atoms with Crippen molar-refractivity contribution in [1.82, 2.24) is 0 Å². The van der Waals surface area contributed by atoms with E-state index in [0.717, 1.165) is 71.3 Å². The van der Waals surface area contributed by atoms with Crippen LogP contribution in [0.3, 0.4) is 0 Å². The van der Waals surface area contributed by atoms with E-state index >= 15 is 0 Å². The standard InChI is InChI=1S/C72H45N/c1-2-22-48(23-3-1)73(50-41-43-58-57-30-10-16-37-65(57)72(68(58)45-50)63-35-14-8-28-55(63)56-29-9-15-36-64(56)72)49-24-18-21-47(44-49)52-42-40-46-20-4-5-25-51(46)69(52)60-32-19-39-67-70(60)59-31-11-17-38-66(59)71(67)61-33-12-6-26-53(61)54-27-7-13-34-62(54)71/h1-45H/i1D,2D,3D,8D,9D,10D,14D,15D,16D,22D,23D,28D,29D,30D,35D,36D,37D,41D,43D,45D. The first-order valence-corrected chi connectivity index (χ1v) is 24.0. The molecule has 0 fully saturated rings. The minimum absolute atomic E-state index is 0.0156. The van der Waals surface area contributed by atoms with Crippen molar-refractivity contribution in [3.63, 3.8) is 0 Å². The number of benzene rings is 12. The highest BCUT2D eigenvalue weighted by molar-refractivity contribution is 6.10. The first-order valence-electron chi connectivity index (χ1n) is 34.0. The average Bonchev–Trinajstić information content (AvgIpc) is 1.48. The van der Waals surface area contributed by atoms with Gasteiger partial charge in [0, 0.05) is 17.1 Å². The van der Waals surface area contributed by atoms with Crippen molar-refractivity contribution in [3.05, 3.63) is 317 Å². The Morgan fingerprint density at radius 3 is 1.49 bits per heavy atom. The molecule has 1 nitrogen and oxygen atoms in total.